The lowest BCUT2D eigenvalue weighted by Crippen LogP contribution is -2.48. The number of fused-ring (bicyclic) bond motifs is 1. The van der Waals surface area contributed by atoms with Crippen LogP contribution in [0.4, 0.5) is 0 Å². The first kappa shape index (κ1) is 19.7. The van der Waals surface area contributed by atoms with Crippen molar-refractivity contribution in [1.29, 1.82) is 0 Å². The van der Waals surface area contributed by atoms with Gasteiger partial charge in [-0.2, -0.15) is 5.10 Å². The molecule has 1 aromatic rings. The maximum Gasteiger partial charge on any atom is 0.247 e. The highest BCUT2D eigenvalue weighted by molar-refractivity contribution is 6.07. The molecule has 2 fully saturated rings. The van der Waals surface area contributed by atoms with Gasteiger partial charge in [0, 0.05) is 11.5 Å². The number of benzene rings is 1. The number of nitrogens with zero attached hydrogens (tertiary/aromatic N) is 2. The summed E-state index contributed by atoms with van der Waals surface area (Å²) in [4.78, 5) is 13.3. The van der Waals surface area contributed by atoms with E-state index in [1.165, 1.54) is 25.7 Å². The van der Waals surface area contributed by atoms with Crippen molar-refractivity contribution in [1.82, 2.24) is 5.01 Å². The molecule has 0 spiro atoms. The van der Waals surface area contributed by atoms with E-state index in [4.69, 9.17) is 14.6 Å². The van der Waals surface area contributed by atoms with E-state index in [0.29, 0.717) is 0 Å². The second-order valence-electron chi connectivity index (χ2n) is 9.15. The molecule has 4 aliphatic rings. The van der Waals surface area contributed by atoms with Gasteiger partial charge >= 0.3 is 0 Å². The van der Waals surface area contributed by atoms with E-state index >= 15 is 0 Å². The minimum atomic E-state index is 0.00408. The molecule has 2 atom stereocenters. The highest BCUT2D eigenvalue weighted by Crippen LogP contribution is 2.39. The van der Waals surface area contributed by atoms with Crippen molar-refractivity contribution in [2.24, 2.45) is 16.9 Å². The first-order chi connectivity index (χ1) is 14.7. The van der Waals surface area contributed by atoms with Crippen LogP contribution in [0.3, 0.4) is 0 Å². The molecule has 1 aromatic carbocycles. The van der Waals surface area contributed by atoms with Crippen molar-refractivity contribution >= 4 is 11.6 Å². The summed E-state index contributed by atoms with van der Waals surface area (Å²) < 4.78 is 11.9. The summed E-state index contributed by atoms with van der Waals surface area (Å²) in [7, 11) is 1.69. The molecule has 0 bridgehead atoms. The zero-order valence-corrected chi connectivity index (χ0v) is 17.9. The van der Waals surface area contributed by atoms with Gasteiger partial charge in [0.15, 0.2) is 11.5 Å². The number of hydrogen-bond acceptors (Lipinski definition) is 4. The predicted octanol–water partition coefficient (Wildman–Crippen LogP) is 5.09. The average molecular weight is 409 g/mol. The van der Waals surface area contributed by atoms with Crippen LogP contribution in [0.2, 0.25) is 0 Å². The van der Waals surface area contributed by atoms with E-state index in [1.807, 2.05) is 11.1 Å². The third kappa shape index (κ3) is 3.63. The van der Waals surface area contributed by atoms with Gasteiger partial charge in [-0.1, -0.05) is 25.0 Å². The molecule has 1 heterocycles. The van der Waals surface area contributed by atoms with Crippen molar-refractivity contribution < 1.29 is 14.3 Å². The fourth-order valence-corrected chi connectivity index (χ4v) is 5.59. The monoisotopic (exact) mass is 408 g/mol. The summed E-state index contributed by atoms with van der Waals surface area (Å²) in [5.41, 5.74) is 2.10. The zero-order chi connectivity index (χ0) is 20.5. The first-order valence-corrected chi connectivity index (χ1v) is 11.7. The van der Waals surface area contributed by atoms with Crippen molar-refractivity contribution in [2.75, 3.05) is 7.11 Å². The number of hydrazone groups is 1. The van der Waals surface area contributed by atoms with Crippen molar-refractivity contribution in [3.63, 3.8) is 0 Å². The lowest BCUT2D eigenvalue weighted by atomic mass is 9.76. The fraction of sp³-hybridized carbons (Fsp3) is 0.600. The van der Waals surface area contributed by atoms with Crippen LogP contribution in [0.25, 0.3) is 0 Å². The highest BCUT2D eigenvalue weighted by Gasteiger charge is 2.42. The molecule has 0 radical (unpaired) electrons. The Bertz CT molecular complexity index is 850. The van der Waals surface area contributed by atoms with Crippen LogP contribution in [0.15, 0.2) is 35.5 Å². The molecule has 0 aromatic heterocycles. The topological polar surface area (TPSA) is 51.1 Å². The molecule has 30 heavy (non-hydrogen) atoms. The maximum absolute atomic E-state index is 13.3. The summed E-state index contributed by atoms with van der Waals surface area (Å²) in [5, 5.41) is 6.84. The van der Waals surface area contributed by atoms with E-state index in [-0.39, 0.29) is 29.9 Å². The molecule has 2 saturated carbocycles. The Kier molecular flexibility index (Phi) is 5.53. The largest absolute Gasteiger partial charge is 0.493 e. The Morgan fingerprint density at radius 3 is 2.37 bits per heavy atom. The zero-order valence-electron chi connectivity index (χ0n) is 17.9. The van der Waals surface area contributed by atoms with Gasteiger partial charge in [0.1, 0.15) is 0 Å². The third-order valence-corrected chi connectivity index (χ3v) is 7.27. The fourth-order valence-electron chi connectivity index (χ4n) is 5.59. The lowest BCUT2D eigenvalue weighted by Gasteiger charge is -2.39. The van der Waals surface area contributed by atoms with Gasteiger partial charge in [-0.3, -0.25) is 4.79 Å². The normalized spacial score (nSPS) is 27.3. The Balaban J connectivity index is 1.51. The number of ether oxygens (including phenoxy) is 2. The van der Waals surface area contributed by atoms with Gasteiger partial charge in [0.25, 0.3) is 0 Å². The van der Waals surface area contributed by atoms with Crippen molar-refractivity contribution in [3.8, 4) is 11.5 Å². The number of carbonyl (C=O) groups is 1. The molecule has 5 heteroatoms. The molecule has 0 N–H and O–H groups in total. The summed E-state index contributed by atoms with van der Waals surface area (Å²) in [6.07, 6.45) is 15.5. The van der Waals surface area contributed by atoms with E-state index in [9.17, 15) is 4.79 Å². The Morgan fingerprint density at radius 1 is 0.933 bits per heavy atom. The Labute approximate surface area is 179 Å². The summed E-state index contributed by atoms with van der Waals surface area (Å²) >= 11 is 0. The molecule has 0 unspecified atom stereocenters. The molecule has 3 aliphatic carbocycles. The molecule has 5 rings (SSSR count). The van der Waals surface area contributed by atoms with Crippen LogP contribution in [0.5, 0.6) is 11.5 Å². The summed E-state index contributed by atoms with van der Waals surface area (Å²) in [6, 6.07) is 6.42. The molecule has 0 saturated heterocycles. The smallest absolute Gasteiger partial charge is 0.247 e. The number of hydrogen-bond donors (Lipinski definition) is 0. The van der Waals surface area contributed by atoms with Gasteiger partial charge in [0.2, 0.25) is 5.91 Å². The second kappa shape index (κ2) is 8.44. The number of methoxy groups -OCH3 is 1. The number of allylic oxidation sites excluding steroid dienone is 2. The maximum atomic E-state index is 13.3. The minimum Gasteiger partial charge on any atom is -0.493 e. The van der Waals surface area contributed by atoms with E-state index in [2.05, 4.69) is 24.3 Å². The van der Waals surface area contributed by atoms with E-state index in [1.54, 1.807) is 7.11 Å². The van der Waals surface area contributed by atoms with Crippen LogP contribution < -0.4 is 9.47 Å². The third-order valence-electron chi connectivity index (χ3n) is 7.27. The van der Waals surface area contributed by atoms with Crippen LogP contribution in [0.1, 0.15) is 69.8 Å². The number of rotatable bonds is 5. The summed E-state index contributed by atoms with van der Waals surface area (Å²) in [6.45, 7) is 0. The number of carbonyl (C=O) groups excluding carboxylic acids is 1. The SMILES string of the molecule is COc1ccc(C2=NN(C3CCCC3)C(=O)[C@H]3CC=CC[C@@H]23)cc1OC1CCCC1. The molecule has 160 valence electrons. The Morgan fingerprint density at radius 2 is 1.63 bits per heavy atom. The number of amides is 1. The standard InChI is InChI=1S/C25H32N2O3/c1-29-22-15-14-17(16-23(22)30-19-10-4-5-11-19)24-20-12-6-7-13-21(20)25(28)27(26-24)18-8-2-3-9-18/h6-7,14-16,18-21H,2-5,8-13H2,1H3/t20-,21+/m1/s1. The van der Waals surface area contributed by atoms with Gasteiger partial charge < -0.3 is 9.47 Å². The minimum absolute atomic E-state index is 0.00408. The van der Waals surface area contributed by atoms with Crippen molar-refractivity contribution in [2.45, 2.75) is 76.4 Å². The molecule has 1 amide bonds. The second-order valence-corrected chi connectivity index (χ2v) is 9.15. The van der Waals surface area contributed by atoms with Gasteiger partial charge in [0.05, 0.1) is 30.9 Å². The first-order valence-electron chi connectivity index (χ1n) is 11.7. The van der Waals surface area contributed by atoms with Crippen LogP contribution in [0, 0.1) is 11.8 Å². The summed E-state index contributed by atoms with van der Waals surface area (Å²) in [5.74, 6) is 1.94. The highest BCUT2D eigenvalue weighted by atomic mass is 16.5. The van der Waals surface area contributed by atoms with Gasteiger partial charge in [-0.05, 0) is 69.6 Å². The van der Waals surface area contributed by atoms with Gasteiger partial charge in [-0.15, -0.1) is 0 Å². The molecule has 5 nitrogen and oxygen atoms in total. The average Bonchev–Trinajstić information content (AvgIpc) is 3.49. The van der Waals surface area contributed by atoms with E-state index in [0.717, 1.165) is 61.3 Å². The predicted molar refractivity (Wildman–Crippen MR) is 117 cm³/mol. The van der Waals surface area contributed by atoms with Crippen LogP contribution in [-0.2, 0) is 4.79 Å². The molecular formula is C25H32N2O3. The lowest BCUT2D eigenvalue weighted by molar-refractivity contribution is -0.140. The Hall–Kier alpha value is -2.30. The van der Waals surface area contributed by atoms with Gasteiger partial charge in [-0.25, -0.2) is 5.01 Å². The van der Waals surface area contributed by atoms with Crippen LogP contribution >= 0.6 is 0 Å². The molecular weight excluding hydrogens is 376 g/mol. The molecule has 1 aliphatic heterocycles. The van der Waals surface area contributed by atoms with Crippen molar-refractivity contribution in [3.05, 3.63) is 35.9 Å². The van der Waals surface area contributed by atoms with E-state index < -0.39 is 0 Å². The quantitative estimate of drug-likeness (QED) is 0.638. The van der Waals surface area contributed by atoms with Crippen LogP contribution in [-0.4, -0.2) is 35.9 Å².